The van der Waals surface area contributed by atoms with E-state index < -0.39 is 5.97 Å². The summed E-state index contributed by atoms with van der Waals surface area (Å²) in [7, 11) is 1.60. The van der Waals surface area contributed by atoms with Crippen molar-refractivity contribution in [1.82, 2.24) is 10.2 Å². The van der Waals surface area contributed by atoms with Crippen LogP contribution in [0, 0.1) is 0 Å². The van der Waals surface area contributed by atoms with Gasteiger partial charge in [0, 0.05) is 20.2 Å². The van der Waals surface area contributed by atoms with Gasteiger partial charge >= 0.3 is 12.0 Å². The molecule has 0 bridgehead atoms. The van der Waals surface area contributed by atoms with E-state index in [4.69, 9.17) is 14.6 Å². The summed E-state index contributed by atoms with van der Waals surface area (Å²) in [6, 6.07) is 6.26. The molecule has 1 heterocycles. The van der Waals surface area contributed by atoms with Gasteiger partial charge in [-0.05, 0) is 17.7 Å². The zero-order valence-corrected chi connectivity index (χ0v) is 12.4. The van der Waals surface area contributed by atoms with Crippen molar-refractivity contribution in [3.63, 3.8) is 0 Å². The number of ether oxygens (including phenoxy) is 2. The van der Waals surface area contributed by atoms with Crippen molar-refractivity contribution in [1.29, 1.82) is 0 Å². The van der Waals surface area contributed by atoms with Gasteiger partial charge < -0.3 is 24.8 Å². The smallest absolute Gasteiger partial charge is 0.335 e. The molecular weight excluding hydrogens is 288 g/mol. The summed E-state index contributed by atoms with van der Waals surface area (Å²) in [6.07, 6.45) is -0.0978. The number of carbonyl (C=O) groups is 2. The lowest BCUT2D eigenvalue weighted by Gasteiger charge is -2.32. The quantitative estimate of drug-likeness (QED) is 0.845. The molecule has 1 atom stereocenters. The number of amides is 2. The van der Waals surface area contributed by atoms with Crippen molar-refractivity contribution in [2.75, 3.05) is 33.4 Å². The predicted molar refractivity (Wildman–Crippen MR) is 78.8 cm³/mol. The Morgan fingerprint density at radius 2 is 2.14 bits per heavy atom. The molecule has 2 N–H and O–H groups in total. The van der Waals surface area contributed by atoms with Gasteiger partial charge in [0.05, 0.1) is 31.4 Å². The molecule has 0 spiro atoms. The molecule has 2 amide bonds. The number of urea groups is 1. The first kappa shape index (κ1) is 16.3. The maximum absolute atomic E-state index is 12.1. The molecule has 1 aromatic carbocycles. The highest BCUT2D eigenvalue weighted by atomic mass is 16.5. The molecule has 1 fully saturated rings. The molecule has 22 heavy (non-hydrogen) atoms. The molecule has 1 aromatic rings. The van der Waals surface area contributed by atoms with E-state index in [9.17, 15) is 9.59 Å². The molecule has 1 unspecified atom stereocenters. The van der Waals surface area contributed by atoms with Crippen LogP contribution in [-0.4, -0.2) is 61.5 Å². The fraction of sp³-hybridized carbons (Fsp3) is 0.467. The van der Waals surface area contributed by atoms with Crippen LogP contribution in [-0.2, 0) is 16.0 Å². The van der Waals surface area contributed by atoms with Gasteiger partial charge in [0.1, 0.15) is 0 Å². The van der Waals surface area contributed by atoms with E-state index in [1.54, 1.807) is 24.1 Å². The van der Waals surface area contributed by atoms with Crippen molar-refractivity contribution in [2.24, 2.45) is 0 Å². The summed E-state index contributed by atoms with van der Waals surface area (Å²) in [4.78, 5) is 24.6. The van der Waals surface area contributed by atoms with Crippen molar-refractivity contribution in [3.05, 3.63) is 35.4 Å². The zero-order valence-electron chi connectivity index (χ0n) is 12.4. The third kappa shape index (κ3) is 4.44. The Labute approximate surface area is 128 Å². The molecule has 1 aliphatic heterocycles. The number of carbonyl (C=O) groups excluding carboxylic acids is 1. The van der Waals surface area contributed by atoms with Gasteiger partial charge in [-0.1, -0.05) is 12.1 Å². The number of nitrogens with zero attached hydrogens (tertiary/aromatic N) is 1. The van der Waals surface area contributed by atoms with Gasteiger partial charge in [0.25, 0.3) is 0 Å². The molecule has 2 rings (SSSR count). The van der Waals surface area contributed by atoms with Crippen LogP contribution in [0.5, 0.6) is 0 Å². The Kier molecular flexibility index (Phi) is 5.74. The minimum Gasteiger partial charge on any atom is -0.478 e. The second kappa shape index (κ2) is 7.77. The number of rotatable bonds is 5. The van der Waals surface area contributed by atoms with E-state index in [0.717, 1.165) is 5.56 Å². The first-order valence-corrected chi connectivity index (χ1v) is 7.05. The van der Waals surface area contributed by atoms with E-state index in [0.29, 0.717) is 32.8 Å². The van der Waals surface area contributed by atoms with Gasteiger partial charge in [-0.3, -0.25) is 0 Å². The highest BCUT2D eigenvalue weighted by molar-refractivity contribution is 5.87. The number of morpholine rings is 1. The highest BCUT2D eigenvalue weighted by Crippen LogP contribution is 2.07. The average molecular weight is 308 g/mol. The van der Waals surface area contributed by atoms with Crippen molar-refractivity contribution >= 4 is 12.0 Å². The standard InChI is InChI=1S/C15H20N2O5/c1-21-10-13-9-17(6-7-22-13)15(20)16-8-11-2-4-12(5-3-11)14(18)19/h2-5,13H,6-10H2,1H3,(H,16,20)(H,18,19). The van der Waals surface area contributed by atoms with Crippen molar-refractivity contribution in [3.8, 4) is 0 Å². The molecular formula is C15H20N2O5. The van der Waals surface area contributed by atoms with Crippen LogP contribution in [0.15, 0.2) is 24.3 Å². The maximum Gasteiger partial charge on any atom is 0.335 e. The third-order valence-corrected chi connectivity index (χ3v) is 3.42. The summed E-state index contributed by atoms with van der Waals surface area (Å²) in [5, 5.41) is 11.7. The van der Waals surface area contributed by atoms with E-state index in [1.807, 2.05) is 0 Å². The Morgan fingerprint density at radius 3 is 2.77 bits per heavy atom. The van der Waals surface area contributed by atoms with Crippen LogP contribution < -0.4 is 5.32 Å². The normalized spacial score (nSPS) is 18.0. The largest absolute Gasteiger partial charge is 0.478 e. The molecule has 0 aromatic heterocycles. The number of methoxy groups -OCH3 is 1. The van der Waals surface area contributed by atoms with Crippen LogP contribution >= 0.6 is 0 Å². The Balaban J connectivity index is 1.83. The SMILES string of the molecule is COCC1CN(C(=O)NCc2ccc(C(=O)O)cc2)CCO1. The number of aromatic carboxylic acids is 1. The third-order valence-electron chi connectivity index (χ3n) is 3.42. The topological polar surface area (TPSA) is 88.1 Å². The lowest BCUT2D eigenvalue weighted by molar-refractivity contribution is -0.0494. The number of hydrogen-bond acceptors (Lipinski definition) is 4. The fourth-order valence-corrected chi connectivity index (χ4v) is 2.25. The van der Waals surface area contributed by atoms with Gasteiger partial charge in [0.2, 0.25) is 0 Å². The molecule has 0 radical (unpaired) electrons. The average Bonchev–Trinajstić information content (AvgIpc) is 2.53. The highest BCUT2D eigenvalue weighted by Gasteiger charge is 2.23. The summed E-state index contributed by atoms with van der Waals surface area (Å²) in [5.74, 6) is -0.965. The van der Waals surface area contributed by atoms with Gasteiger partial charge in [0.15, 0.2) is 0 Å². The number of benzene rings is 1. The molecule has 0 saturated carbocycles. The van der Waals surface area contributed by atoms with Crippen LogP contribution in [0.3, 0.4) is 0 Å². The Hall–Kier alpha value is -2.12. The summed E-state index contributed by atoms with van der Waals surface area (Å²) in [6.45, 7) is 2.35. The molecule has 7 heteroatoms. The minimum atomic E-state index is -0.965. The maximum atomic E-state index is 12.1. The van der Waals surface area contributed by atoms with Crippen LogP contribution in [0.2, 0.25) is 0 Å². The summed E-state index contributed by atoms with van der Waals surface area (Å²) < 4.78 is 10.5. The van der Waals surface area contributed by atoms with E-state index in [-0.39, 0.29) is 17.7 Å². The van der Waals surface area contributed by atoms with E-state index in [1.165, 1.54) is 12.1 Å². The number of carboxylic acid groups (broad SMARTS) is 1. The number of hydrogen-bond donors (Lipinski definition) is 2. The minimum absolute atomic E-state index is 0.0978. The van der Waals surface area contributed by atoms with E-state index in [2.05, 4.69) is 5.32 Å². The molecule has 1 saturated heterocycles. The van der Waals surface area contributed by atoms with Gasteiger partial charge in [-0.15, -0.1) is 0 Å². The number of carboxylic acids is 1. The Bertz CT molecular complexity index is 515. The van der Waals surface area contributed by atoms with Crippen molar-refractivity contribution < 1.29 is 24.2 Å². The first-order chi connectivity index (χ1) is 10.6. The van der Waals surface area contributed by atoms with Gasteiger partial charge in [-0.25, -0.2) is 9.59 Å². The summed E-state index contributed by atoms with van der Waals surface area (Å²) in [5.41, 5.74) is 1.07. The van der Waals surface area contributed by atoms with Crippen LogP contribution in [0.25, 0.3) is 0 Å². The second-order valence-corrected chi connectivity index (χ2v) is 5.05. The number of nitrogens with one attached hydrogen (secondary N) is 1. The summed E-state index contributed by atoms with van der Waals surface area (Å²) >= 11 is 0. The lowest BCUT2D eigenvalue weighted by Crippen LogP contribution is -2.50. The second-order valence-electron chi connectivity index (χ2n) is 5.05. The lowest BCUT2D eigenvalue weighted by atomic mass is 10.1. The van der Waals surface area contributed by atoms with Crippen LogP contribution in [0.1, 0.15) is 15.9 Å². The predicted octanol–water partition coefficient (Wildman–Crippen LogP) is 0.942. The molecule has 7 nitrogen and oxygen atoms in total. The molecule has 0 aliphatic carbocycles. The van der Waals surface area contributed by atoms with Crippen molar-refractivity contribution in [2.45, 2.75) is 12.6 Å². The van der Waals surface area contributed by atoms with E-state index >= 15 is 0 Å². The van der Waals surface area contributed by atoms with Crippen LogP contribution in [0.4, 0.5) is 4.79 Å². The first-order valence-electron chi connectivity index (χ1n) is 7.05. The zero-order chi connectivity index (χ0) is 15.9. The monoisotopic (exact) mass is 308 g/mol. The molecule has 1 aliphatic rings. The fourth-order valence-electron chi connectivity index (χ4n) is 2.25. The molecule has 120 valence electrons. The van der Waals surface area contributed by atoms with Gasteiger partial charge in [-0.2, -0.15) is 0 Å². The Morgan fingerprint density at radius 1 is 1.41 bits per heavy atom.